The highest BCUT2D eigenvalue weighted by atomic mass is 32.2. The molecule has 0 bridgehead atoms. The van der Waals surface area contributed by atoms with E-state index in [4.69, 9.17) is 4.42 Å². The number of nitrogens with one attached hydrogen (secondary N) is 1. The zero-order valence-electron chi connectivity index (χ0n) is 13.8. The van der Waals surface area contributed by atoms with Gasteiger partial charge in [0.2, 0.25) is 15.8 Å². The summed E-state index contributed by atoms with van der Waals surface area (Å²) in [6.45, 7) is 5.55. The molecule has 2 rings (SSSR count). The molecule has 0 unspecified atom stereocenters. The van der Waals surface area contributed by atoms with Crippen LogP contribution in [0.1, 0.15) is 42.5 Å². The first-order valence-electron chi connectivity index (χ1n) is 7.83. The van der Waals surface area contributed by atoms with Crippen LogP contribution in [0.5, 0.6) is 0 Å². The van der Waals surface area contributed by atoms with Crippen LogP contribution in [0.4, 0.5) is 0 Å². The molecular formula is C15H24N2O5S. The molecule has 0 atom stereocenters. The number of sulfonamides is 1. The minimum Gasteiger partial charge on any atom is -0.463 e. The third-order valence-corrected chi connectivity index (χ3v) is 6.06. The molecule has 1 N–H and O–H groups in total. The van der Waals surface area contributed by atoms with Crippen molar-refractivity contribution in [3.05, 3.63) is 17.6 Å². The molecule has 1 aliphatic heterocycles. The van der Waals surface area contributed by atoms with Gasteiger partial charge in [-0.25, -0.2) is 13.2 Å². The summed E-state index contributed by atoms with van der Waals surface area (Å²) in [5.41, 5.74) is 0. The lowest BCUT2D eigenvalue weighted by Gasteiger charge is -2.33. The van der Waals surface area contributed by atoms with Crippen molar-refractivity contribution < 1.29 is 22.4 Å². The standard InChI is InChI=1S/C15H24N2O5S/c1-4-9-17(12-5-7-16-8-6-12)23(19,20)14-10-13(15(18)21-3)22-11(14)2/h10,12,16H,4-9H2,1-3H3. The number of aryl methyl sites for hydroxylation is 1. The van der Waals surface area contributed by atoms with E-state index in [9.17, 15) is 13.2 Å². The highest BCUT2D eigenvalue weighted by Gasteiger charge is 2.35. The van der Waals surface area contributed by atoms with Crippen LogP contribution in [0.2, 0.25) is 0 Å². The summed E-state index contributed by atoms with van der Waals surface area (Å²) < 4.78 is 37.5. The largest absolute Gasteiger partial charge is 0.463 e. The molecule has 1 aromatic heterocycles. The molecule has 0 amide bonds. The Hall–Kier alpha value is -1.38. The van der Waals surface area contributed by atoms with Gasteiger partial charge in [-0.2, -0.15) is 4.31 Å². The van der Waals surface area contributed by atoms with Crippen LogP contribution in [-0.2, 0) is 14.8 Å². The van der Waals surface area contributed by atoms with Gasteiger partial charge in [0, 0.05) is 18.7 Å². The van der Waals surface area contributed by atoms with Crippen LogP contribution < -0.4 is 5.32 Å². The van der Waals surface area contributed by atoms with Crippen molar-refractivity contribution in [3.8, 4) is 0 Å². The Morgan fingerprint density at radius 3 is 2.65 bits per heavy atom. The van der Waals surface area contributed by atoms with E-state index in [1.54, 1.807) is 11.2 Å². The summed E-state index contributed by atoms with van der Waals surface area (Å²) in [6.07, 6.45) is 2.28. The summed E-state index contributed by atoms with van der Waals surface area (Å²) in [5, 5.41) is 3.24. The Labute approximate surface area is 137 Å². The van der Waals surface area contributed by atoms with Gasteiger partial charge in [0.1, 0.15) is 10.7 Å². The lowest BCUT2D eigenvalue weighted by atomic mass is 10.1. The maximum absolute atomic E-state index is 13.1. The average molecular weight is 344 g/mol. The van der Waals surface area contributed by atoms with Crippen molar-refractivity contribution >= 4 is 16.0 Å². The molecule has 1 aliphatic rings. The molecule has 1 aromatic rings. The van der Waals surface area contributed by atoms with Gasteiger partial charge in [-0.05, 0) is 39.3 Å². The third kappa shape index (κ3) is 3.76. The zero-order valence-corrected chi connectivity index (χ0v) is 14.6. The zero-order chi connectivity index (χ0) is 17.0. The Morgan fingerprint density at radius 2 is 2.09 bits per heavy atom. The van der Waals surface area contributed by atoms with Gasteiger partial charge < -0.3 is 14.5 Å². The van der Waals surface area contributed by atoms with Crippen LogP contribution in [0.15, 0.2) is 15.4 Å². The second-order valence-corrected chi connectivity index (χ2v) is 7.48. The Kier molecular flexibility index (Phi) is 5.83. The fourth-order valence-electron chi connectivity index (χ4n) is 2.86. The molecule has 0 radical (unpaired) electrons. The first kappa shape index (κ1) is 18.0. The number of hydrogen-bond donors (Lipinski definition) is 1. The Bertz CT molecular complexity index is 647. The molecule has 7 nitrogen and oxygen atoms in total. The number of rotatable bonds is 6. The Balaban J connectivity index is 2.37. The van der Waals surface area contributed by atoms with E-state index in [1.807, 2.05) is 6.92 Å². The number of furan rings is 1. The van der Waals surface area contributed by atoms with Crippen molar-refractivity contribution in [1.29, 1.82) is 0 Å². The van der Waals surface area contributed by atoms with Crippen LogP contribution in [0.25, 0.3) is 0 Å². The molecule has 1 fully saturated rings. The highest BCUT2D eigenvalue weighted by molar-refractivity contribution is 7.89. The van der Waals surface area contributed by atoms with Crippen LogP contribution in [0, 0.1) is 6.92 Å². The summed E-state index contributed by atoms with van der Waals surface area (Å²) in [6, 6.07) is 1.23. The molecule has 0 saturated carbocycles. The minimum atomic E-state index is -3.71. The van der Waals surface area contributed by atoms with Crippen molar-refractivity contribution in [2.75, 3.05) is 26.7 Å². The van der Waals surface area contributed by atoms with Crippen molar-refractivity contribution in [3.63, 3.8) is 0 Å². The lowest BCUT2D eigenvalue weighted by Crippen LogP contribution is -2.46. The maximum atomic E-state index is 13.1. The van der Waals surface area contributed by atoms with E-state index in [0.29, 0.717) is 6.54 Å². The minimum absolute atomic E-state index is 0.0305. The normalized spacial score (nSPS) is 16.7. The van der Waals surface area contributed by atoms with Gasteiger partial charge >= 0.3 is 5.97 Å². The smallest absolute Gasteiger partial charge is 0.373 e. The van der Waals surface area contributed by atoms with E-state index in [-0.39, 0.29) is 22.5 Å². The number of ether oxygens (including phenoxy) is 1. The lowest BCUT2D eigenvalue weighted by molar-refractivity contribution is 0.0563. The number of hydrogen-bond acceptors (Lipinski definition) is 6. The molecule has 0 aliphatic carbocycles. The second-order valence-electron chi connectivity index (χ2n) is 5.62. The van der Waals surface area contributed by atoms with E-state index in [1.165, 1.54) is 13.2 Å². The van der Waals surface area contributed by atoms with E-state index in [0.717, 1.165) is 32.4 Å². The number of nitrogens with zero attached hydrogens (tertiary/aromatic N) is 1. The molecule has 0 spiro atoms. The number of piperidine rings is 1. The van der Waals surface area contributed by atoms with Crippen molar-refractivity contribution in [2.24, 2.45) is 0 Å². The number of carbonyl (C=O) groups is 1. The van der Waals surface area contributed by atoms with Gasteiger partial charge in [0.15, 0.2) is 0 Å². The van der Waals surface area contributed by atoms with Gasteiger partial charge in [0.25, 0.3) is 0 Å². The van der Waals surface area contributed by atoms with Gasteiger partial charge in [-0.15, -0.1) is 0 Å². The fraction of sp³-hybridized carbons (Fsp3) is 0.667. The molecule has 8 heteroatoms. The molecular weight excluding hydrogens is 320 g/mol. The Morgan fingerprint density at radius 1 is 1.43 bits per heavy atom. The summed E-state index contributed by atoms with van der Waals surface area (Å²) in [7, 11) is -2.48. The van der Waals surface area contributed by atoms with Crippen molar-refractivity contribution in [1.82, 2.24) is 9.62 Å². The van der Waals surface area contributed by atoms with Gasteiger partial charge in [-0.1, -0.05) is 6.92 Å². The predicted octanol–water partition coefficient (Wildman–Crippen LogP) is 1.53. The molecule has 0 aromatic carbocycles. The second kappa shape index (κ2) is 7.46. The average Bonchev–Trinajstić information content (AvgIpc) is 2.95. The van der Waals surface area contributed by atoms with E-state index < -0.39 is 16.0 Å². The quantitative estimate of drug-likeness (QED) is 0.787. The third-order valence-electron chi connectivity index (χ3n) is 4.01. The van der Waals surface area contributed by atoms with E-state index >= 15 is 0 Å². The van der Waals surface area contributed by atoms with Gasteiger partial charge in [0.05, 0.1) is 7.11 Å². The van der Waals surface area contributed by atoms with Crippen LogP contribution in [-0.4, -0.2) is 51.5 Å². The van der Waals surface area contributed by atoms with Crippen LogP contribution in [0.3, 0.4) is 0 Å². The molecule has 130 valence electrons. The molecule has 23 heavy (non-hydrogen) atoms. The predicted molar refractivity (Wildman–Crippen MR) is 84.9 cm³/mol. The monoisotopic (exact) mass is 344 g/mol. The summed E-state index contributed by atoms with van der Waals surface area (Å²) >= 11 is 0. The highest BCUT2D eigenvalue weighted by Crippen LogP contribution is 2.27. The van der Waals surface area contributed by atoms with E-state index in [2.05, 4.69) is 10.1 Å². The number of methoxy groups -OCH3 is 1. The first-order chi connectivity index (χ1) is 10.9. The molecule has 2 heterocycles. The number of esters is 1. The maximum Gasteiger partial charge on any atom is 0.373 e. The van der Waals surface area contributed by atoms with Crippen molar-refractivity contribution in [2.45, 2.75) is 44.0 Å². The SMILES string of the molecule is CCCN(C1CCNCC1)S(=O)(=O)c1cc(C(=O)OC)oc1C. The number of carbonyl (C=O) groups excluding carboxylic acids is 1. The van der Waals surface area contributed by atoms with Crippen LogP contribution >= 0.6 is 0 Å². The molecule has 1 saturated heterocycles. The van der Waals surface area contributed by atoms with Gasteiger partial charge in [-0.3, -0.25) is 0 Å². The first-order valence-corrected chi connectivity index (χ1v) is 9.27. The summed E-state index contributed by atoms with van der Waals surface area (Å²) in [5.74, 6) is -0.566. The fourth-order valence-corrected chi connectivity index (χ4v) is 4.80. The topological polar surface area (TPSA) is 88.9 Å². The summed E-state index contributed by atoms with van der Waals surface area (Å²) in [4.78, 5) is 11.6.